The normalized spacial score (nSPS) is 29.2. The zero-order chi connectivity index (χ0) is 12.3. The molecule has 1 aromatic carbocycles. The van der Waals surface area contributed by atoms with Crippen LogP contribution < -0.4 is 5.73 Å². The highest BCUT2D eigenvalue weighted by Gasteiger charge is 2.28. The Kier molecular flexibility index (Phi) is 4.47. The fourth-order valence-corrected chi connectivity index (χ4v) is 3.27. The van der Waals surface area contributed by atoms with E-state index in [1.54, 1.807) is 0 Å². The average molecular weight is 252 g/mol. The van der Waals surface area contributed by atoms with Crippen molar-refractivity contribution < 1.29 is 0 Å². The zero-order valence-corrected chi connectivity index (χ0v) is 11.3. The van der Waals surface area contributed by atoms with Crippen LogP contribution in [0.25, 0.3) is 0 Å². The van der Waals surface area contributed by atoms with E-state index in [0.29, 0.717) is 12.0 Å². The molecule has 0 bridgehead atoms. The number of rotatable bonds is 3. The minimum absolute atomic E-state index is 0.307. The highest BCUT2D eigenvalue weighted by atomic mass is 35.5. The molecule has 0 amide bonds. The van der Waals surface area contributed by atoms with Crippen LogP contribution in [0.15, 0.2) is 24.3 Å². The largest absolute Gasteiger partial charge is 0.327 e. The molecule has 1 nitrogen and oxygen atoms in total. The summed E-state index contributed by atoms with van der Waals surface area (Å²) in [6, 6.07) is 8.53. The molecule has 1 saturated carbocycles. The maximum absolute atomic E-state index is 6.28. The molecule has 0 aliphatic heterocycles. The van der Waals surface area contributed by atoms with E-state index in [-0.39, 0.29) is 0 Å². The summed E-state index contributed by atoms with van der Waals surface area (Å²) in [5, 5.41) is 0.826. The molecular formula is C15H22ClN. The molecule has 1 fully saturated rings. The Morgan fingerprint density at radius 3 is 2.88 bits per heavy atom. The van der Waals surface area contributed by atoms with Gasteiger partial charge >= 0.3 is 0 Å². The number of hydrogen-bond donors (Lipinski definition) is 1. The topological polar surface area (TPSA) is 26.0 Å². The van der Waals surface area contributed by atoms with Crippen LogP contribution in [0.5, 0.6) is 0 Å². The van der Waals surface area contributed by atoms with E-state index in [0.717, 1.165) is 17.4 Å². The van der Waals surface area contributed by atoms with Gasteiger partial charge in [0.1, 0.15) is 0 Å². The van der Waals surface area contributed by atoms with Gasteiger partial charge in [0.25, 0.3) is 0 Å². The van der Waals surface area contributed by atoms with Crippen molar-refractivity contribution in [3.63, 3.8) is 0 Å². The quantitative estimate of drug-likeness (QED) is 0.849. The van der Waals surface area contributed by atoms with E-state index < -0.39 is 0 Å². The lowest BCUT2D eigenvalue weighted by molar-refractivity contribution is 0.274. The summed E-state index contributed by atoms with van der Waals surface area (Å²) >= 11 is 6.07. The molecule has 2 rings (SSSR count). The van der Waals surface area contributed by atoms with Crippen LogP contribution >= 0.6 is 11.6 Å². The Labute approximate surface area is 109 Å². The van der Waals surface area contributed by atoms with E-state index in [4.69, 9.17) is 17.3 Å². The van der Waals surface area contributed by atoms with Crippen LogP contribution in [0.4, 0.5) is 0 Å². The number of nitrogens with two attached hydrogens (primary N) is 1. The molecule has 0 spiro atoms. The summed E-state index contributed by atoms with van der Waals surface area (Å²) in [5.74, 6) is 1.35. The summed E-state index contributed by atoms with van der Waals surface area (Å²) in [6.07, 6.45) is 6.30. The van der Waals surface area contributed by atoms with Crippen molar-refractivity contribution in [1.82, 2.24) is 0 Å². The number of hydrogen-bond acceptors (Lipinski definition) is 1. The molecular weight excluding hydrogens is 230 g/mol. The van der Waals surface area contributed by atoms with Crippen molar-refractivity contribution in [3.8, 4) is 0 Å². The van der Waals surface area contributed by atoms with Crippen LogP contribution in [0.1, 0.15) is 50.5 Å². The van der Waals surface area contributed by atoms with Crippen molar-refractivity contribution in [2.75, 3.05) is 0 Å². The minimum atomic E-state index is 0.307. The van der Waals surface area contributed by atoms with E-state index in [1.807, 2.05) is 12.1 Å². The van der Waals surface area contributed by atoms with Crippen molar-refractivity contribution in [3.05, 3.63) is 34.9 Å². The maximum atomic E-state index is 6.28. The highest BCUT2D eigenvalue weighted by molar-refractivity contribution is 6.30. The first kappa shape index (κ1) is 12.9. The van der Waals surface area contributed by atoms with Gasteiger partial charge in [-0.05, 0) is 48.8 Å². The first-order valence-corrected chi connectivity index (χ1v) is 7.09. The van der Waals surface area contributed by atoms with Gasteiger partial charge in [0, 0.05) is 11.1 Å². The third kappa shape index (κ3) is 3.23. The lowest BCUT2D eigenvalue weighted by atomic mass is 9.74. The Morgan fingerprint density at radius 2 is 2.18 bits per heavy atom. The number of halogens is 1. The van der Waals surface area contributed by atoms with E-state index >= 15 is 0 Å². The lowest BCUT2D eigenvalue weighted by Gasteiger charge is -2.34. The molecule has 2 N–H and O–H groups in total. The Bertz CT molecular complexity index is 364. The van der Waals surface area contributed by atoms with Crippen molar-refractivity contribution in [2.24, 2.45) is 11.7 Å². The van der Waals surface area contributed by atoms with E-state index in [1.165, 1.54) is 31.2 Å². The van der Waals surface area contributed by atoms with Gasteiger partial charge in [0.2, 0.25) is 0 Å². The zero-order valence-electron chi connectivity index (χ0n) is 10.5. The summed E-state index contributed by atoms with van der Waals surface area (Å²) in [5.41, 5.74) is 7.60. The molecule has 2 heteroatoms. The third-order valence-electron chi connectivity index (χ3n) is 3.99. The van der Waals surface area contributed by atoms with Crippen LogP contribution in [0, 0.1) is 5.92 Å². The van der Waals surface area contributed by atoms with Crippen LogP contribution in [-0.2, 0) is 0 Å². The Hall–Kier alpha value is -0.530. The predicted molar refractivity (Wildman–Crippen MR) is 74.4 cm³/mol. The standard InChI is InChI=1S/C15H22ClN/c1-2-4-11-7-8-15(17)14(9-11)12-5-3-6-13(16)10-12/h3,5-6,10-11,14-15H,2,4,7-9,17H2,1H3. The SMILES string of the molecule is CCCC1CCC(N)C(c2cccc(Cl)c2)C1. The molecule has 1 aliphatic rings. The average Bonchev–Trinajstić information content (AvgIpc) is 2.32. The van der Waals surface area contributed by atoms with Gasteiger partial charge in [-0.15, -0.1) is 0 Å². The minimum Gasteiger partial charge on any atom is -0.327 e. The van der Waals surface area contributed by atoms with Gasteiger partial charge in [0.15, 0.2) is 0 Å². The summed E-state index contributed by atoms with van der Waals surface area (Å²) in [6.45, 7) is 2.27. The molecule has 1 aliphatic carbocycles. The van der Waals surface area contributed by atoms with Crippen LogP contribution in [0.2, 0.25) is 5.02 Å². The maximum Gasteiger partial charge on any atom is 0.0408 e. The molecule has 94 valence electrons. The summed E-state index contributed by atoms with van der Waals surface area (Å²) in [7, 11) is 0. The molecule has 0 radical (unpaired) electrons. The Balaban J connectivity index is 2.12. The fourth-order valence-electron chi connectivity index (χ4n) is 3.07. The lowest BCUT2D eigenvalue weighted by Crippen LogP contribution is -2.34. The molecule has 0 saturated heterocycles. The Morgan fingerprint density at radius 1 is 1.35 bits per heavy atom. The summed E-state index contributed by atoms with van der Waals surface area (Å²) < 4.78 is 0. The second kappa shape index (κ2) is 5.88. The molecule has 0 aromatic heterocycles. The van der Waals surface area contributed by atoms with Gasteiger partial charge in [0.05, 0.1) is 0 Å². The molecule has 3 atom stereocenters. The smallest absolute Gasteiger partial charge is 0.0408 e. The van der Waals surface area contributed by atoms with E-state index in [2.05, 4.69) is 19.1 Å². The van der Waals surface area contributed by atoms with Crippen molar-refractivity contribution >= 4 is 11.6 Å². The molecule has 17 heavy (non-hydrogen) atoms. The second-order valence-corrected chi connectivity index (χ2v) is 5.73. The van der Waals surface area contributed by atoms with E-state index in [9.17, 15) is 0 Å². The fraction of sp³-hybridized carbons (Fsp3) is 0.600. The monoisotopic (exact) mass is 251 g/mol. The first-order valence-electron chi connectivity index (χ1n) is 6.71. The van der Waals surface area contributed by atoms with Gasteiger partial charge in [-0.3, -0.25) is 0 Å². The first-order chi connectivity index (χ1) is 8.20. The van der Waals surface area contributed by atoms with Gasteiger partial charge in [-0.2, -0.15) is 0 Å². The molecule has 0 heterocycles. The molecule has 1 aromatic rings. The summed E-state index contributed by atoms with van der Waals surface area (Å²) in [4.78, 5) is 0. The van der Waals surface area contributed by atoms with Crippen molar-refractivity contribution in [1.29, 1.82) is 0 Å². The number of benzene rings is 1. The van der Waals surface area contributed by atoms with Crippen LogP contribution in [0.3, 0.4) is 0 Å². The van der Waals surface area contributed by atoms with Crippen LogP contribution in [-0.4, -0.2) is 6.04 Å². The highest BCUT2D eigenvalue weighted by Crippen LogP contribution is 2.37. The van der Waals surface area contributed by atoms with Gasteiger partial charge < -0.3 is 5.73 Å². The third-order valence-corrected chi connectivity index (χ3v) is 4.22. The predicted octanol–water partition coefficient (Wildman–Crippen LogP) is 4.35. The van der Waals surface area contributed by atoms with Gasteiger partial charge in [-0.25, -0.2) is 0 Å². The second-order valence-electron chi connectivity index (χ2n) is 5.29. The molecule has 3 unspecified atom stereocenters. The van der Waals surface area contributed by atoms with Gasteiger partial charge in [-0.1, -0.05) is 43.5 Å². The van der Waals surface area contributed by atoms with Crippen molar-refractivity contribution in [2.45, 2.75) is 51.0 Å².